The highest BCUT2D eigenvalue weighted by Gasteiger charge is 2.19. The number of carbonyl (C=O) groups excluding carboxylic acids is 2. The zero-order valence-electron chi connectivity index (χ0n) is 16.3. The first-order valence-corrected chi connectivity index (χ1v) is 9.22. The second kappa shape index (κ2) is 9.23. The van der Waals surface area contributed by atoms with E-state index in [4.69, 9.17) is 31.5 Å². The average Bonchev–Trinajstić information content (AvgIpc) is 3.27. The quantitative estimate of drug-likeness (QED) is 0.571. The summed E-state index contributed by atoms with van der Waals surface area (Å²) in [6, 6.07) is 11.9. The summed E-state index contributed by atoms with van der Waals surface area (Å²) in [5, 5.41) is 3.41. The summed E-state index contributed by atoms with van der Waals surface area (Å²) in [6.45, 7) is -0.358. The van der Waals surface area contributed by atoms with E-state index in [0.29, 0.717) is 16.4 Å². The molecule has 3 rings (SSSR count). The average molecular weight is 430 g/mol. The lowest BCUT2D eigenvalue weighted by Gasteiger charge is -2.16. The molecule has 9 heteroatoms. The molecule has 0 atom stereocenters. The SMILES string of the molecule is COc1cc(C(=O)Nc2ccc(Cl)cc2-n2cccc2)cc(OC)c1OCC(N)=O. The van der Waals surface area contributed by atoms with Crippen LogP contribution in [0, 0.1) is 0 Å². The first kappa shape index (κ1) is 21.1. The Hall–Kier alpha value is -3.65. The van der Waals surface area contributed by atoms with Crippen molar-refractivity contribution < 1.29 is 23.8 Å². The highest BCUT2D eigenvalue weighted by Crippen LogP contribution is 2.39. The van der Waals surface area contributed by atoms with Gasteiger partial charge >= 0.3 is 0 Å². The number of halogens is 1. The zero-order chi connectivity index (χ0) is 21.7. The lowest BCUT2D eigenvalue weighted by molar-refractivity contribution is -0.120. The molecule has 0 spiro atoms. The van der Waals surface area contributed by atoms with Crippen LogP contribution in [0.3, 0.4) is 0 Å². The summed E-state index contributed by atoms with van der Waals surface area (Å²) in [7, 11) is 2.83. The molecular weight excluding hydrogens is 410 g/mol. The molecule has 0 radical (unpaired) electrons. The van der Waals surface area contributed by atoms with Crippen molar-refractivity contribution in [2.24, 2.45) is 5.73 Å². The standard InChI is InChI=1S/C21H20ClN3O5/c1-28-17-9-13(10-18(29-2)20(17)30-12-19(23)26)21(27)24-15-6-5-14(22)11-16(15)25-7-3-4-8-25/h3-11H,12H2,1-2H3,(H2,23,26)(H,24,27). The minimum Gasteiger partial charge on any atom is -0.493 e. The number of hydrogen-bond donors (Lipinski definition) is 2. The normalized spacial score (nSPS) is 10.4. The van der Waals surface area contributed by atoms with Gasteiger partial charge in [0, 0.05) is 23.0 Å². The maximum absolute atomic E-state index is 13.0. The number of primary amides is 1. The van der Waals surface area contributed by atoms with Crippen molar-refractivity contribution in [3.63, 3.8) is 0 Å². The number of amides is 2. The molecule has 0 unspecified atom stereocenters. The highest BCUT2D eigenvalue weighted by molar-refractivity contribution is 6.31. The van der Waals surface area contributed by atoms with Gasteiger partial charge in [-0.25, -0.2) is 0 Å². The van der Waals surface area contributed by atoms with Gasteiger partial charge in [-0.15, -0.1) is 0 Å². The van der Waals surface area contributed by atoms with E-state index >= 15 is 0 Å². The van der Waals surface area contributed by atoms with Gasteiger partial charge in [-0.05, 0) is 42.5 Å². The fourth-order valence-electron chi connectivity index (χ4n) is 2.81. The first-order chi connectivity index (χ1) is 14.4. The van der Waals surface area contributed by atoms with Crippen LogP contribution in [0.4, 0.5) is 5.69 Å². The molecule has 0 aliphatic rings. The van der Waals surface area contributed by atoms with Gasteiger partial charge in [0.15, 0.2) is 18.1 Å². The third-order valence-electron chi connectivity index (χ3n) is 4.17. The Balaban J connectivity index is 1.94. The summed E-state index contributed by atoms with van der Waals surface area (Å²) in [5.74, 6) is -0.426. The summed E-state index contributed by atoms with van der Waals surface area (Å²) < 4.78 is 17.8. The van der Waals surface area contributed by atoms with E-state index in [-0.39, 0.29) is 29.4 Å². The Bertz CT molecular complexity index is 1040. The van der Waals surface area contributed by atoms with Crippen molar-refractivity contribution in [3.8, 4) is 22.9 Å². The molecule has 3 aromatic rings. The number of carbonyl (C=O) groups is 2. The molecule has 2 amide bonds. The van der Waals surface area contributed by atoms with Crippen LogP contribution in [0.5, 0.6) is 17.2 Å². The number of anilines is 1. The lowest BCUT2D eigenvalue weighted by Crippen LogP contribution is -2.20. The predicted octanol–water partition coefficient (Wildman–Crippen LogP) is 3.26. The molecule has 2 aromatic carbocycles. The monoisotopic (exact) mass is 429 g/mol. The van der Waals surface area contributed by atoms with Gasteiger partial charge in [0.1, 0.15) is 0 Å². The number of benzene rings is 2. The van der Waals surface area contributed by atoms with E-state index in [0.717, 1.165) is 0 Å². The van der Waals surface area contributed by atoms with Crippen molar-refractivity contribution in [1.29, 1.82) is 0 Å². The number of nitrogens with zero attached hydrogens (tertiary/aromatic N) is 1. The zero-order valence-corrected chi connectivity index (χ0v) is 17.1. The van der Waals surface area contributed by atoms with Crippen LogP contribution in [0.2, 0.25) is 5.02 Å². The second-order valence-corrected chi connectivity index (χ2v) is 6.61. The molecule has 1 aromatic heterocycles. The summed E-state index contributed by atoms with van der Waals surface area (Å²) in [4.78, 5) is 24.0. The van der Waals surface area contributed by atoms with Crippen LogP contribution >= 0.6 is 11.6 Å². The van der Waals surface area contributed by atoms with E-state index < -0.39 is 11.8 Å². The second-order valence-electron chi connectivity index (χ2n) is 6.17. The van der Waals surface area contributed by atoms with Crippen molar-refractivity contribution >= 4 is 29.1 Å². The molecule has 30 heavy (non-hydrogen) atoms. The van der Waals surface area contributed by atoms with Crippen LogP contribution in [0.15, 0.2) is 54.9 Å². The summed E-state index contributed by atoms with van der Waals surface area (Å²) in [5.41, 5.74) is 6.67. The Kier molecular flexibility index (Phi) is 6.48. The smallest absolute Gasteiger partial charge is 0.255 e. The van der Waals surface area contributed by atoms with Crippen molar-refractivity contribution in [2.45, 2.75) is 0 Å². The number of nitrogens with two attached hydrogens (primary N) is 1. The van der Waals surface area contributed by atoms with Crippen LogP contribution in [-0.4, -0.2) is 37.2 Å². The predicted molar refractivity (Wildman–Crippen MR) is 113 cm³/mol. The summed E-state index contributed by atoms with van der Waals surface area (Å²) >= 11 is 6.13. The Labute approximate surface area is 178 Å². The van der Waals surface area contributed by atoms with Gasteiger partial charge in [0.2, 0.25) is 5.75 Å². The largest absolute Gasteiger partial charge is 0.493 e. The van der Waals surface area contributed by atoms with Gasteiger partial charge < -0.3 is 29.8 Å². The van der Waals surface area contributed by atoms with Crippen molar-refractivity contribution in [3.05, 3.63) is 65.4 Å². The van der Waals surface area contributed by atoms with Gasteiger partial charge in [-0.2, -0.15) is 0 Å². The molecule has 3 N–H and O–H groups in total. The minimum atomic E-state index is -0.652. The maximum Gasteiger partial charge on any atom is 0.255 e. The van der Waals surface area contributed by atoms with Gasteiger partial charge in [0.05, 0.1) is 25.6 Å². The van der Waals surface area contributed by atoms with Crippen LogP contribution < -0.4 is 25.3 Å². The Morgan fingerprint density at radius 3 is 2.27 bits per heavy atom. The molecule has 0 saturated carbocycles. The van der Waals surface area contributed by atoms with E-state index in [9.17, 15) is 9.59 Å². The number of ether oxygens (including phenoxy) is 3. The molecule has 156 valence electrons. The van der Waals surface area contributed by atoms with Crippen LogP contribution in [0.1, 0.15) is 10.4 Å². The molecule has 0 saturated heterocycles. The molecule has 0 bridgehead atoms. The topological polar surface area (TPSA) is 105 Å². The maximum atomic E-state index is 13.0. The molecule has 0 aliphatic carbocycles. The van der Waals surface area contributed by atoms with Gasteiger partial charge in [-0.1, -0.05) is 11.6 Å². The molecule has 8 nitrogen and oxygen atoms in total. The molecule has 0 fully saturated rings. The third-order valence-corrected chi connectivity index (χ3v) is 4.41. The van der Waals surface area contributed by atoms with E-state index in [1.807, 2.05) is 29.1 Å². The fourth-order valence-corrected chi connectivity index (χ4v) is 2.98. The van der Waals surface area contributed by atoms with Crippen molar-refractivity contribution in [1.82, 2.24) is 4.57 Å². The van der Waals surface area contributed by atoms with Crippen LogP contribution in [-0.2, 0) is 4.79 Å². The number of rotatable bonds is 8. The van der Waals surface area contributed by atoms with Crippen LogP contribution in [0.25, 0.3) is 5.69 Å². The number of hydrogen-bond acceptors (Lipinski definition) is 5. The van der Waals surface area contributed by atoms with Crippen molar-refractivity contribution in [2.75, 3.05) is 26.1 Å². The minimum absolute atomic E-state index is 0.176. The third kappa shape index (κ3) is 4.66. The first-order valence-electron chi connectivity index (χ1n) is 8.84. The van der Waals surface area contributed by atoms with E-state index in [2.05, 4.69) is 5.32 Å². The number of aromatic nitrogens is 1. The molecule has 1 heterocycles. The fraction of sp³-hybridized carbons (Fsp3) is 0.143. The lowest BCUT2D eigenvalue weighted by atomic mass is 10.1. The number of methoxy groups -OCH3 is 2. The van der Waals surface area contributed by atoms with E-state index in [1.54, 1.807) is 18.2 Å². The number of nitrogens with one attached hydrogen (secondary N) is 1. The van der Waals surface area contributed by atoms with Gasteiger partial charge in [-0.3, -0.25) is 9.59 Å². The highest BCUT2D eigenvalue weighted by atomic mass is 35.5. The molecule has 0 aliphatic heterocycles. The summed E-state index contributed by atoms with van der Waals surface area (Å²) in [6.07, 6.45) is 3.69. The molecular formula is C21H20ClN3O5. The Morgan fingerprint density at radius 1 is 1.07 bits per heavy atom. The van der Waals surface area contributed by atoms with E-state index in [1.165, 1.54) is 26.4 Å². The van der Waals surface area contributed by atoms with Gasteiger partial charge in [0.25, 0.3) is 11.8 Å². The Morgan fingerprint density at radius 2 is 1.70 bits per heavy atom.